The second-order valence-electron chi connectivity index (χ2n) is 13.9. The lowest BCUT2D eigenvalue weighted by Crippen LogP contribution is -2.59. The third-order valence-corrected chi connectivity index (χ3v) is 10.1. The molecule has 0 radical (unpaired) electrons. The predicted octanol–water partition coefficient (Wildman–Crippen LogP) is 5.57. The maximum atomic E-state index is 14.4. The van der Waals surface area contributed by atoms with Crippen molar-refractivity contribution in [3.63, 3.8) is 0 Å². The fourth-order valence-corrected chi connectivity index (χ4v) is 6.56. The molecule has 260 valence electrons. The van der Waals surface area contributed by atoms with Crippen LogP contribution in [0.4, 0.5) is 20.6 Å². The van der Waals surface area contributed by atoms with Gasteiger partial charge in [-0.1, -0.05) is 32.1 Å². The van der Waals surface area contributed by atoms with Crippen LogP contribution in [0.3, 0.4) is 0 Å². The van der Waals surface area contributed by atoms with E-state index in [0.717, 1.165) is 30.2 Å². The van der Waals surface area contributed by atoms with Gasteiger partial charge in [0.05, 0.1) is 39.8 Å². The summed E-state index contributed by atoms with van der Waals surface area (Å²) in [6.07, 6.45) is 4.74. The molecule has 0 aliphatic heterocycles. The number of hydrogen-bond acceptors (Lipinski definition) is 11. The molecule has 3 fully saturated rings. The first kappa shape index (κ1) is 34.9. The SMILES string of the molecule is Cc1nc(F)ccc1[C@@H](c1cn(C23CC(C2)C3)nn1)N(C(=O)OCOP(=O)(O)O)c1cc(C#N)c2ncc(C#N)c(N[C@H](C)C(C)(C)C)c2c1. The van der Waals surface area contributed by atoms with Gasteiger partial charge in [-0.15, -0.1) is 5.10 Å². The Morgan fingerprint density at radius 2 is 1.92 bits per heavy atom. The molecule has 1 amide bonds. The van der Waals surface area contributed by atoms with Gasteiger partial charge in [0.15, 0.2) is 0 Å². The van der Waals surface area contributed by atoms with E-state index in [4.69, 9.17) is 4.74 Å². The zero-order valence-electron chi connectivity index (χ0n) is 28.0. The highest BCUT2D eigenvalue weighted by molar-refractivity contribution is 7.46. The molecular weight excluding hydrogens is 668 g/mol. The van der Waals surface area contributed by atoms with Crippen molar-refractivity contribution in [1.82, 2.24) is 25.0 Å². The van der Waals surface area contributed by atoms with Gasteiger partial charge in [0.25, 0.3) is 0 Å². The molecule has 0 spiro atoms. The zero-order valence-corrected chi connectivity index (χ0v) is 28.8. The highest BCUT2D eigenvalue weighted by Crippen LogP contribution is 2.62. The van der Waals surface area contributed by atoms with Gasteiger partial charge in [-0.25, -0.2) is 23.5 Å². The summed E-state index contributed by atoms with van der Waals surface area (Å²) in [5.41, 5.74) is 1.27. The van der Waals surface area contributed by atoms with Crippen molar-refractivity contribution in [3.05, 3.63) is 70.7 Å². The number of phosphoric ester groups is 1. The molecule has 50 heavy (non-hydrogen) atoms. The number of nitrogens with one attached hydrogen (secondary N) is 1. The Labute approximate surface area is 286 Å². The molecule has 4 aromatic rings. The largest absolute Gasteiger partial charge is 0.472 e. The van der Waals surface area contributed by atoms with Gasteiger partial charge in [-0.05, 0) is 62.6 Å². The lowest BCUT2D eigenvalue weighted by atomic mass is 9.50. The average Bonchev–Trinajstić information content (AvgIpc) is 3.46. The van der Waals surface area contributed by atoms with Gasteiger partial charge in [0, 0.05) is 28.9 Å². The average molecular weight is 704 g/mol. The number of amides is 1. The van der Waals surface area contributed by atoms with Gasteiger partial charge >= 0.3 is 13.9 Å². The topological polar surface area (TPSA) is 212 Å². The summed E-state index contributed by atoms with van der Waals surface area (Å²) >= 11 is 0. The lowest BCUT2D eigenvalue weighted by Gasteiger charge is -2.61. The number of halogens is 1. The Hall–Kier alpha value is -4.99. The van der Waals surface area contributed by atoms with E-state index in [-0.39, 0.29) is 50.7 Å². The van der Waals surface area contributed by atoms with Crippen molar-refractivity contribution < 1.29 is 32.8 Å². The van der Waals surface area contributed by atoms with E-state index in [2.05, 4.69) is 42.3 Å². The van der Waals surface area contributed by atoms with E-state index in [9.17, 15) is 34.1 Å². The third-order valence-electron chi connectivity index (χ3n) is 9.66. The van der Waals surface area contributed by atoms with E-state index in [0.29, 0.717) is 22.6 Å². The number of aromatic nitrogens is 5. The minimum atomic E-state index is -5.04. The van der Waals surface area contributed by atoms with Crippen molar-refractivity contribution >= 4 is 36.2 Å². The van der Waals surface area contributed by atoms with Gasteiger partial charge in [0.2, 0.25) is 12.7 Å². The Balaban J connectivity index is 1.58. The number of carbonyl (C=O) groups excluding carboxylic acids is 1. The molecule has 2 atom stereocenters. The smallest absolute Gasteiger partial charge is 0.421 e. The molecule has 3 aliphatic carbocycles. The Morgan fingerprint density at radius 3 is 2.50 bits per heavy atom. The first-order valence-corrected chi connectivity index (χ1v) is 17.3. The maximum Gasteiger partial charge on any atom is 0.472 e. The normalized spacial score (nSPS) is 19.4. The molecule has 3 saturated carbocycles. The molecule has 2 bridgehead atoms. The standard InChI is InChI=1S/C33H35FN9O6P/c1-18-24(6-7-27(34)38-18)30(26-16-42(41-40-26)33-10-20(11-33)12-33)43(31(44)48-17-49-50(45,46)47)23-8-21(13-35)28-25(9-23)29(22(14-36)15-37-28)39-19(2)32(3,4)5/h6-9,15-16,19-20,30H,10-12,17H2,1-5H3,(H,37,39)(H2,45,46,47)/t19-,20?,30+,33?/m1/s1. The van der Waals surface area contributed by atoms with Crippen LogP contribution in [-0.2, 0) is 19.4 Å². The molecule has 0 saturated heterocycles. The van der Waals surface area contributed by atoms with Crippen LogP contribution in [0.25, 0.3) is 10.9 Å². The molecule has 7 rings (SSSR count). The molecule has 3 N–H and O–H groups in total. The Kier molecular flexibility index (Phi) is 8.87. The summed E-state index contributed by atoms with van der Waals surface area (Å²) in [7, 11) is -5.04. The van der Waals surface area contributed by atoms with Gasteiger partial charge in [-0.2, -0.15) is 14.9 Å². The quantitative estimate of drug-likeness (QED) is 0.105. The number of rotatable bonds is 10. The monoisotopic (exact) mass is 703 g/mol. The number of pyridine rings is 2. The first-order chi connectivity index (χ1) is 23.5. The van der Waals surface area contributed by atoms with Crippen molar-refractivity contribution in [2.45, 2.75) is 71.5 Å². The van der Waals surface area contributed by atoms with E-state index in [1.807, 2.05) is 27.7 Å². The fourth-order valence-electron chi connectivity index (χ4n) is 6.37. The minimum absolute atomic E-state index is 0.0444. The zero-order chi connectivity index (χ0) is 36.2. The van der Waals surface area contributed by atoms with Crippen LogP contribution in [0, 0.1) is 46.9 Å². The molecule has 3 heterocycles. The number of ether oxygens (including phenoxy) is 1. The number of phosphoric acid groups is 1. The number of benzene rings is 1. The number of hydrogen-bond donors (Lipinski definition) is 3. The number of fused-ring (bicyclic) bond motifs is 1. The van der Waals surface area contributed by atoms with E-state index < -0.39 is 32.7 Å². The summed E-state index contributed by atoms with van der Waals surface area (Å²) in [6.45, 7) is 8.44. The summed E-state index contributed by atoms with van der Waals surface area (Å²) in [5, 5.41) is 33.0. The highest BCUT2D eigenvalue weighted by atomic mass is 31.2. The van der Waals surface area contributed by atoms with Crippen LogP contribution < -0.4 is 10.2 Å². The van der Waals surface area contributed by atoms with Crippen LogP contribution >= 0.6 is 7.82 Å². The fraction of sp³-hybridized carbons (Fsp3) is 0.424. The lowest BCUT2D eigenvalue weighted by molar-refractivity contribution is -0.0989. The predicted molar refractivity (Wildman–Crippen MR) is 177 cm³/mol. The minimum Gasteiger partial charge on any atom is -0.421 e. The maximum absolute atomic E-state index is 14.4. The molecule has 0 unspecified atom stereocenters. The van der Waals surface area contributed by atoms with Crippen molar-refractivity contribution in [3.8, 4) is 12.1 Å². The first-order valence-electron chi connectivity index (χ1n) is 15.8. The molecular formula is C33H35FN9O6P. The van der Waals surface area contributed by atoms with Crippen LogP contribution in [0.1, 0.15) is 81.1 Å². The van der Waals surface area contributed by atoms with Crippen molar-refractivity contribution in [2.24, 2.45) is 11.3 Å². The van der Waals surface area contributed by atoms with Crippen LogP contribution in [0.2, 0.25) is 0 Å². The van der Waals surface area contributed by atoms with E-state index in [1.54, 1.807) is 23.9 Å². The second-order valence-corrected chi connectivity index (χ2v) is 15.2. The molecule has 3 aromatic heterocycles. The van der Waals surface area contributed by atoms with Crippen molar-refractivity contribution in [1.29, 1.82) is 10.5 Å². The number of anilines is 2. The third kappa shape index (κ3) is 6.51. The van der Waals surface area contributed by atoms with Gasteiger partial charge < -0.3 is 19.8 Å². The number of aryl methyl sites for hydroxylation is 1. The van der Waals surface area contributed by atoms with Gasteiger partial charge in [-0.3, -0.25) is 9.88 Å². The molecule has 17 heteroatoms. The van der Waals surface area contributed by atoms with Gasteiger partial charge in [0.1, 0.15) is 23.9 Å². The summed E-state index contributed by atoms with van der Waals surface area (Å²) in [5.74, 6) is -0.136. The molecule has 3 aliphatic rings. The molecule has 15 nitrogen and oxygen atoms in total. The summed E-state index contributed by atoms with van der Waals surface area (Å²) < 4.78 is 37.3. The highest BCUT2D eigenvalue weighted by Gasteiger charge is 2.59. The number of nitriles is 2. The Bertz CT molecular complexity index is 2120. The van der Waals surface area contributed by atoms with E-state index in [1.165, 1.54) is 18.3 Å². The Morgan fingerprint density at radius 1 is 1.22 bits per heavy atom. The van der Waals surface area contributed by atoms with Crippen LogP contribution in [-0.4, -0.2) is 53.7 Å². The molecule has 1 aromatic carbocycles. The van der Waals surface area contributed by atoms with Crippen LogP contribution in [0.15, 0.2) is 36.7 Å². The summed E-state index contributed by atoms with van der Waals surface area (Å²) in [4.78, 5) is 42.2. The number of nitrogens with zero attached hydrogens (tertiary/aromatic N) is 8. The van der Waals surface area contributed by atoms with Crippen LogP contribution in [0.5, 0.6) is 0 Å². The number of carbonyl (C=O) groups is 1. The van der Waals surface area contributed by atoms with E-state index >= 15 is 0 Å². The van der Waals surface area contributed by atoms with Crippen molar-refractivity contribution in [2.75, 3.05) is 17.0 Å². The second kappa shape index (κ2) is 12.7. The summed E-state index contributed by atoms with van der Waals surface area (Å²) in [6, 6.07) is 8.41.